The first-order chi connectivity index (χ1) is 8.90. The van der Waals surface area contributed by atoms with E-state index in [0.717, 1.165) is 18.4 Å². The number of hydrogen-bond donors (Lipinski definition) is 1. The lowest BCUT2D eigenvalue weighted by Gasteiger charge is -2.35. The maximum Gasteiger partial charge on any atom is 0.0243 e. The highest BCUT2D eigenvalue weighted by Gasteiger charge is 2.30. The van der Waals surface area contributed by atoms with E-state index in [1.54, 1.807) is 0 Å². The van der Waals surface area contributed by atoms with Crippen molar-refractivity contribution in [2.24, 2.45) is 23.0 Å². The van der Waals surface area contributed by atoms with Crippen molar-refractivity contribution in [1.29, 1.82) is 0 Å². The molecule has 0 saturated carbocycles. The Labute approximate surface area is 121 Å². The number of rotatable bonds is 5. The van der Waals surface area contributed by atoms with E-state index in [4.69, 9.17) is 5.73 Å². The molecule has 3 unspecified atom stereocenters. The summed E-state index contributed by atoms with van der Waals surface area (Å²) < 4.78 is 0. The normalized spacial score (nSPS) is 25.9. The van der Waals surface area contributed by atoms with Gasteiger partial charge in [-0.1, -0.05) is 41.0 Å². The fourth-order valence-corrected chi connectivity index (χ4v) is 3.71. The summed E-state index contributed by atoms with van der Waals surface area (Å²) in [6.45, 7) is 15.2. The van der Waals surface area contributed by atoms with Crippen molar-refractivity contribution in [3.8, 4) is 0 Å². The van der Waals surface area contributed by atoms with Crippen LogP contribution in [0.15, 0.2) is 0 Å². The van der Waals surface area contributed by atoms with Crippen LogP contribution in [0.2, 0.25) is 0 Å². The average Bonchev–Trinajstić information content (AvgIpc) is 2.56. The quantitative estimate of drug-likeness (QED) is 0.819. The maximum absolute atomic E-state index is 6.06. The van der Waals surface area contributed by atoms with Crippen LogP contribution in [0.1, 0.15) is 66.7 Å². The first-order valence-corrected chi connectivity index (χ1v) is 8.34. The van der Waals surface area contributed by atoms with E-state index in [2.05, 4.69) is 39.5 Å². The second kappa shape index (κ2) is 7.64. The summed E-state index contributed by atoms with van der Waals surface area (Å²) in [5.41, 5.74) is 6.53. The zero-order valence-corrected chi connectivity index (χ0v) is 13.9. The molecule has 0 spiro atoms. The monoisotopic (exact) mass is 268 g/mol. The highest BCUT2D eigenvalue weighted by Crippen LogP contribution is 2.35. The molecule has 2 nitrogen and oxygen atoms in total. The van der Waals surface area contributed by atoms with E-state index >= 15 is 0 Å². The highest BCUT2D eigenvalue weighted by atomic mass is 15.2. The Kier molecular flexibility index (Phi) is 6.82. The second-order valence-electron chi connectivity index (χ2n) is 7.60. The lowest BCUT2D eigenvalue weighted by atomic mass is 9.77. The Morgan fingerprint density at radius 3 is 2.42 bits per heavy atom. The Bertz CT molecular complexity index is 244. The van der Waals surface area contributed by atoms with Gasteiger partial charge in [0.15, 0.2) is 0 Å². The molecule has 2 heteroatoms. The summed E-state index contributed by atoms with van der Waals surface area (Å²) in [6.07, 6.45) is 6.66. The molecule has 3 atom stereocenters. The molecule has 0 radical (unpaired) electrons. The van der Waals surface area contributed by atoms with Crippen LogP contribution in [0.5, 0.6) is 0 Å². The van der Waals surface area contributed by atoms with Gasteiger partial charge in [-0.3, -0.25) is 4.90 Å². The van der Waals surface area contributed by atoms with Crippen molar-refractivity contribution >= 4 is 0 Å². The lowest BCUT2D eigenvalue weighted by molar-refractivity contribution is 0.144. The van der Waals surface area contributed by atoms with Gasteiger partial charge in [0, 0.05) is 12.6 Å². The average molecular weight is 268 g/mol. The Morgan fingerprint density at radius 1 is 1.21 bits per heavy atom. The molecule has 0 aromatic rings. The molecule has 19 heavy (non-hydrogen) atoms. The van der Waals surface area contributed by atoms with Crippen molar-refractivity contribution in [1.82, 2.24) is 4.90 Å². The molecule has 1 aliphatic rings. The second-order valence-corrected chi connectivity index (χ2v) is 7.60. The molecular weight excluding hydrogens is 232 g/mol. The van der Waals surface area contributed by atoms with Crippen LogP contribution in [-0.2, 0) is 0 Å². The molecule has 1 aliphatic heterocycles. The molecule has 0 amide bonds. The predicted molar refractivity (Wildman–Crippen MR) is 85.3 cm³/mol. The molecule has 1 rings (SSSR count). The van der Waals surface area contributed by atoms with Crippen molar-refractivity contribution in [3.05, 3.63) is 0 Å². The summed E-state index contributed by atoms with van der Waals surface area (Å²) in [7, 11) is 0. The van der Waals surface area contributed by atoms with E-state index in [1.165, 1.54) is 45.2 Å². The number of nitrogens with two attached hydrogens (primary N) is 1. The first-order valence-electron chi connectivity index (χ1n) is 8.34. The minimum Gasteiger partial charge on any atom is -0.329 e. The summed E-state index contributed by atoms with van der Waals surface area (Å²) in [4.78, 5) is 2.69. The molecule has 1 fully saturated rings. The van der Waals surface area contributed by atoms with Gasteiger partial charge in [0.25, 0.3) is 0 Å². The van der Waals surface area contributed by atoms with Crippen LogP contribution in [-0.4, -0.2) is 30.6 Å². The molecule has 1 saturated heterocycles. The van der Waals surface area contributed by atoms with Gasteiger partial charge < -0.3 is 5.73 Å². The smallest absolute Gasteiger partial charge is 0.0243 e. The molecule has 2 N–H and O–H groups in total. The molecular formula is C17H36N2. The molecule has 0 aromatic carbocycles. The zero-order chi connectivity index (χ0) is 14.5. The largest absolute Gasteiger partial charge is 0.329 e. The fourth-order valence-electron chi connectivity index (χ4n) is 3.71. The van der Waals surface area contributed by atoms with E-state index < -0.39 is 0 Å². The van der Waals surface area contributed by atoms with Crippen molar-refractivity contribution in [3.63, 3.8) is 0 Å². The van der Waals surface area contributed by atoms with Crippen molar-refractivity contribution in [2.75, 3.05) is 19.6 Å². The van der Waals surface area contributed by atoms with E-state index in [-0.39, 0.29) is 0 Å². The van der Waals surface area contributed by atoms with Gasteiger partial charge in [-0.05, 0) is 56.0 Å². The Hall–Kier alpha value is -0.0800. The molecule has 114 valence electrons. The number of hydrogen-bond acceptors (Lipinski definition) is 2. The van der Waals surface area contributed by atoms with Crippen LogP contribution in [0.3, 0.4) is 0 Å². The third-order valence-corrected chi connectivity index (χ3v) is 5.10. The van der Waals surface area contributed by atoms with Gasteiger partial charge in [-0.25, -0.2) is 0 Å². The summed E-state index contributed by atoms with van der Waals surface area (Å²) >= 11 is 0. The van der Waals surface area contributed by atoms with Crippen LogP contribution in [0, 0.1) is 17.3 Å². The third-order valence-electron chi connectivity index (χ3n) is 5.10. The SMILES string of the molecule is CCCC(C)C(CN)N1CCCC(C(C)(C)C)CC1. The van der Waals surface area contributed by atoms with Gasteiger partial charge in [0.1, 0.15) is 0 Å². The Balaban J connectivity index is 2.59. The number of nitrogens with zero attached hydrogens (tertiary/aromatic N) is 1. The molecule has 0 aromatic heterocycles. The molecule has 1 heterocycles. The number of likely N-dealkylation sites (tertiary alicyclic amines) is 1. The van der Waals surface area contributed by atoms with Crippen LogP contribution in [0.4, 0.5) is 0 Å². The van der Waals surface area contributed by atoms with Gasteiger partial charge >= 0.3 is 0 Å². The predicted octanol–water partition coefficient (Wildman–Crippen LogP) is 3.90. The lowest BCUT2D eigenvalue weighted by Crippen LogP contribution is -2.45. The van der Waals surface area contributed by atoms with Crippen LogP contribution < -0.4 is 5.73 Å². The minimum absolute atomic E-state index is 0.462. The highest BCUT2D eigenvalue weighted by molar-refractivity contribution is 4.84. The van der Waals surface area contributed by atoms with Crippen LogP contribution in [0.25, 0.3) is 0 Å². The Morgan fingerprint density at radius 2 is 1.89 bits per heavy atom. The first kappa shape index (κ1) is 17.0. The molecule has 0 aliphatic carbocycles. The maximum atomic E-state index is 6.06. The van der Waals surface area contributed by atoms with E-state index in [0.29, 0.717) is 11.5 Å². The minimum atomic E-state index is 0.462. The van der Waals surface area contributed by atoms with E-state index in [1.807, 2.05) is 0 Å². The van der Waals surface area contributed by atoms with Crippen LogP contribution >= 0.6 is 0 Å². The third kappa shape index (κ3) is 5.07. The summed E-state index contributed by atoms with van der Waals surface area (Å²) in [5.74, 6) is 1.61. The van der Waals surface area contributed by atoms with Gasteiger partial charge in [-0.2, -0.15) is 0 Å². The standard InChI is InChI=1S/C17H36N2/c1-6-8-14(2)16(13-18)19-11-7-9-15(10-12-19)17(3,4)5/h14-16H,6-13,18H2,1-5H3. The van der Waals surface area contributed by atoms with Gasteiger partial charge in [0.2, 0.25) is 0 Å². The topological polar surface area (TPSA) is 29.3 Å². The molecule has 0 bridgehead atoms. The van der Waals surface area contributed by atoms with Gasteiger partial charge in [-0.15, -0.1) is 0 Å². The van der Waals surface area contributed by atoms with Gasteiger partial charge in [0.05, 0.1) is 0 Å². The zero-order valence-electron chi connectivity index (χ0n) is 13.9. The van der Waals surface area contributed by atoms with Crippen molar-refractivity contribution < 1.29 is 0 Å². The van der Waals surface area contributed by atoms with Crippen molar-refractivity contribution in [2.45, 2.75) is 72.8 Å². The summed E-state index contributed by atoms with van der Waals surface area (Å²) in [5, 5.41) is 0. The fraction of sp³-hybridized carbons (Fsp3) is 1.00. The summed E-state index contributed by atoms with van der Waals surface area (Å²) in [6, 6.07) is 0.596. The van der Waals surface area contributed by atoms with E-state index in [9.17, 15) is 0 Å².